The molecule has 0 saturated carbocycles. The van der Waals surface area contributed by atoms with Gasteiger partial charge >= 0.3 is 0 Å². The zero-order valence-electron chi connectivity index (χ0n) is 10.2. The molecule has 2 atom stereocenters. The van der Waals surface area contributed by atoms with Gasteiger partial charge in [0.1, 0.15) is 0 Å². The number of rotatable bonds is 3. The Hall–Kier alpha value is -1.43. The summed E-state index contributed by atoms with van der Waals surface area (Å²) in [6.45, 7) is 3.36. The van der Waals surface area contributed by atoms with E-state index in [0.717, 1.165) is 19.4 Å². The highest BCUT2D eigenvalue weighted by atomic mass is 16.5. The van der Waals surface area contributed by atoms with Gasteiger partial charge in [0.2, 0.25) is 12.3 Å². The van der Waals surface area contributed by atoms with E-state index < -0.39 is 0 Å². The molecule has 1 fully saturated rings. The van der Waals surface area contributed by atoms with Crippen LogP contribution in [-0.4, -0.2) is 40.6 Å². The Morgan fingerprint density at radius 2 is 2.47 bits per heavy atom. The Labute approximate surface area is 100 Å². The summed E-state index contributed by atoms with van der Waals surface area (Å²) in [4.78, 5) is 18.0. The average Bonchev–Trinajstić information content (AvgIpc) is 2.78. The van der Waals surface area contributed by atoms with E-state index in [4.69, 9.17) is 0 Å². The topological polar surface area (TPSA) is 71.3 Å². The monoisotopic (exact) mass is 238 g/mol. The number of hydrogen-bond donors (Lipinski definition) is 1. The van der Waals surface area contributed by atoms with Gasteiger partial charge in [-0.15, -0.1) is 0 Å². The van der Waals surface area contributed by atoms with Crippen molar-refractivity contribution in [2.75, 3.05) is 13.6 Å². The SMILES string of the molecule is CNC1CC(C)CCN(Cc2ncon2)C1=O. The standard InChI is InChI=1S/C11H18N4O2/c1-8-3-4-15(6-10-13-7-17-14-10)11(16)9(5-8)12-2/h7-9,12H,3-6H2,1-2H3. The quantitative estimate of drug-likeness (QED) is 0.826. The molecule has 1 aliphatic rings. The summed E-state index contributed by atoms with van der Waals surface area (Å²) in [6, 6.07) is -0.0978. The Balaban J connectivity index is 2.07. The van der Waals surface area contributed by atoms with Crippen LogP contribution in [-0.2, 0) is 11.3 Å². The molecule has 1 amide bonds. The van der Waals surface area contributed by atoms with E-state index >= 15 is 0 Å². The van der Waals surface area contributed by atoms with Crippen LogP contribution in [0.4, 0.5) is 0 Å². The molecule has 6 nitrogen and oxygen atoms in total. The summed E-state index contributed by atoms with van der Waals surface area (Å²) in [5, 5.41) is 6.82. The first-order chi connectivity index (χ1) is 8.20. The molecule has 0 aromatic carbocycles. The van der Waals surface area contributed by atoms with Gasteiger partial charge in [0, 0.05) is 6.54 Å². The fourth-order valence-electron chi connectivity index (χ4n) is 2.16. The van der Waals surface area contributed by atoms with Crippen molar-refractivity contribution in [1.82, 2.24) is 20.4 Å². The number of carbonyl (C=O) groups excluding carboxylic acids is 1. The van der Waals surface area contributed by atoms with Crippen LogP contribution in [0.15, 0.2) is 10.9 Å². The average molecular weight is 238 g/mol. The first-order valence-corrected chi connectivity index (χ1v) is 5.92. The van der Waals surface area contributed by atoms with Gasteiger partial charge in [0.15, 0.2) is 5.82 Å². The molecular formula is C11H18N4O2. The maximum Gasteiger partial charge on any atom is 0.240 e. The molecule has 6 heteroatoms. The summed E-state index contributed by atoms with van der Waals surface area (Å²) in [7, 11) is 1.83. The fourth-order valence-corrected chi connectivity index (χ4v) is 2.16. The number of likely N-dealkylation sites (N-methyl/N-ethyl adjacent to an activating group) is 1. The number of nitrogens with zero attached hydrogens (tertiary/aromatic N) is 3. The lowest BCUT2D eigenvalue weighted by atomic mass is 10.0. The molecule has 2 unspecified atom stereocenters. The van der Waals surface area contributed by atoms with Crippen LogP contribution < -0.4 is 5.32 Å². The third-order valence-electron chi connectivity index (χ3n) is 3.23. The number of likely N-dealkylation sites (tertiary alicyclic amines) is 1. The first-order valence-electron chi connectivity index (χ1n) is 5.92. The molecule has 1 aromatic heterocycles. The molecule has 17 heavy (non-hydrogen) atoms. The number of carbonyl (C=O) groups is 1. The van der Waals surface area contributed by atoms with Crippen LogP contribution >= 0.6 is 0 Å². The second-order valence-corrected chi connectivity index (χ2v) is 4.58. The Kier molecular flexibility index (Phi) is 3.73. The molecule has 0 bridgehead atoms. The van der Waals surface area contributed by atoms with E-state index in [1.54, 1.807) is 4.90 Å². The van der Waals surface area contributed by atoms with Crippen molar-refractivity contribution < 1.29 is 9.32 Å². The minimum Gasteiger partial charge on any atom is -0.343 e. The van der Waals surface area contributed by atoms with Crippen LogP contribution in [0.25, 0.3) is 0 Å². The van der Waals surface area contributed by atoms with E-state index in [1.807, 2.05) is 7.05 Å². The van der Waals surface area contributed by atoms with E-state index in [0.29, 0.717) is 18.3 Å². The predicted molar refractivity (Wildman–Crippen MR) is 61.0 cm³/mol. The molecule has 1 aliphatic heterocycles. The van der Waals surface area contributed by atoms with E-state index in [9.17, 15) is 4.79 Å². The van der Waals surface area contributed by atoms with Gasteiger partial charge < -0.3 is 14.7 Å². The molecule has 2 rings (SSSR count). The summed E-state index contributed by atoms with van der Waals surface area (Å²) in [5.41, 5.74) is 0. The minimum atomic E-state index is -0.0978. The molecule has 0 aliphatic carbocycles. The predicted octanol–water partition coefficient (Wildman–Crippen LogP) is 0.416. The van der Waals surface area contributed by atoms with Gasteiger partial charge in [-0.1, -0.05) is 12.1 Å². The van der Waals surface area contributed by atoms with Gasteiger partial charge in [-0.2, -0.15) is 4.98 Å². The number of aromatic nitrogens is 2. The van der Waals surface area contributed by atoms with Crippen LogP contribution in [0.1, 0.15) is 25.6 Å². The summed E-state index contributed by atoms with van der Waals surface area (Å²) in [5.74, 6) is 1.23. The third-order valence-corrected chi connectivity index (χ3v) is 3.23. The van der Waals surface area contributed by atoms with Crippen molar-refractivity contribution in [1.29, 1.82) is 0 Å². The lowest BCUT2D eigenvalue weighted by molar-refractivity contribution is -0.133. The molecule has 1 aromatic rings. The minimum absolute atomic E-state index is 0.0978. The van der Waals surface area contributed by atoms with Crippen LogP contribution in [0.5, 0.6) is 0 Å². The van der Waals surface area contributed by atoms with Crippen molar-refractivity contribution in [2.45, 2.75) is 32.4 Å². The summed E-state index contributed by atoms with van der Waals surface area (Å²) < 4.78 is 4.68. The summed E-state index contributed by atoms with van der Waals surface area (Å²) in [6.07, 6.45) is 3.19. The number of nitrogens with one attached hydrogen (secondary N) is 1. The molecule has 0 spiro atoms. The van der Waals surface area contributed by atoms with Gasteiger partial charge in [0.05, 0.1) is 12.6 Å². The van der Waals surface area contributed by atoms with Gasteiger partial charge in [-0.25, -0.2) is 0 Å². The van der Waals surface area contributed by atoms with E-state index in [-0.39, 0.29) is 11.9 Å². The van der Waals surface area contributed by atoms with Crippen molar-refractivity contribution in [2.24, 2.45) is 5.92 Å². The molecule has 1 N–H and O–H groups in total. The second-order valence-electron chi connectivity index (χ2n) is 4.58. The number of amides is 1. The third kappa shape index (κ3) is 2.82. The lowest BCUT2D eigenvalue weighted by Crippen LogP contribution is -2.43. The molecule has 94 valence electrons. The van der Waals surface area contributed by atoms with Crippen LogP contribution in [0, 0.1) is 5.92 Å². The van der Waals surface area contributed by atoms with Crippen molar-refractivity contribution in [3.63, 3.8) is 0 Å². The van der Waals surface area contributed by atoms with Gasteiger partial charge in [-0.05, 0) is 25.8 Å². The maximum atomic E-state index is 12.2. The van der Waals surface area contributed by atoms with Crippen molar-refractivity contribution in [3.8, 4) is 0 Å². The Bertz CT molecular complexity index is 366. The largest absolute Gasteiger partial charge is 0.343 e. The van der Waals surface area contributed by atoms with Gasteiger partial charge in [-0.3, -0.25) is 4.79 Å². The Morgan fingerprint density at radius 3 is 3.12 bits per heavy atom. The zero-order valence-corrected chi connectivity index (χ0v) is 10.2. The number of hydrogen-bond acceptors (Lipinski definition) is 5. The first kappa shape index (κ1) is 12.0. The highest BCUT2D eigenvalue weighted by Gasteiger charge is 2.29. The zero-order chi connectivity index (χ0) is 12.3. The normalized spacial score (nSPS) is 26.0. The lowest BCUT2D eigenvalue weighted by Gasteiger charge is -2.22. The molecule has 1 saturated heterocycles. The fraction of sp³-hybridized carbons (Fsp3) is 0.727. The summed E-state index contributed by atoms with van der Waals surface area (Å²) >= 11 is 0. The van der Waals surface area contributed by atoms with Crippen molar-refractivity contribution >= 4 is 5.91 Å². The Morgan fingerprint density at radius 1 is 1.65 bits per heavy atom. The highest BCUT2D eigenvalue weighted by molar-refractivity contribution is 5.82. The van der Waals surface area contributed by atoms with E-state index in [2.05, 4.69) is 26.9 Å². The van der Waals surface area contributed by atoms with Crippen LogP contribution in [0.2, 0.25) is 0 Å². The van der Waals surface area contributed by atoms with E-state index in [1.165, 1.54) is 6.39 Å². The molecular weight excluding hydrogens is 220 g/mol. The molecule has 0 radical (unpaired) electrons. The molecule has 2 heterocycles. The smallest absolute Gasteiger partial charge is 0.240 e. The maximum absolute atomic E-state index is 12.2. The second kappa shape index (κ2) is 5.27. The highest BCUT2D eigenvalue weighted by Crippen LogP contribution is 2.19. The van der Waals surface area contributed by atoms with Crippen LogP contribution in [0.3, 0.4) is 0 Å². The van der Waals surface area contributed by atoms with Gasteiger partial charge in [0.25, 0.3) is 0 Å². The van der Waals surface area contributed by atoms with Crippen molar-refractivity contribution in [3.05, 3.63) is 12.2 Å².